The van der Waals surface area contributed by atoms with Crippen molar-refractivity contribution in [2.45, 2.75) is 39.8 Å². The molecule has 2 aromatic rings. The molecule has 0 bridgehead atoms. The molecule has 0 fully saturated rings. The minimum absolute atomic E-state index is 0.187. The van der Waals surface area contributed by atoms with Crippen molar-refractivity contribution in [1.82, 2.24) is 15.1 Å². The van der Waals surface area contributed by atoms with E-state index in [4.69, 9.17) is 16.3 Å². The summed E-state index contributed by atoms with van der Waals surface area (Å²) in [5, 5.41) is 7.91. The van der Waals surface area contributed by atoms with Gasteiger partial charge in [0.25, 0.3) is 5.91 Å². The Morgan fingerprint density at radius 1 is 1.26 bits per heavy atom. The van der Waals surface area contributed by atoms with Gasteiger partial charge in [0.2, 0.25) is 5.88 Å². The van der Waals surface area contributed by atoms with Crippen molar-refractivity contribution in [2.75, 3.05) is 6.61 Å². The third-order valence-electron chi connectivity index (χ3n) is 3.23. The number of aromatic nitrogens is 2. The van der Waals surface area contributed by atoms with Gasteiger partial charge >= 0.3 is 0 Å². The van der Waals surface area contributed by atoms with E-state index in [0.29, 0.717) is 29.6 Å². The predicted molar refractivity (Wildman–Crippen MR) is 90.9 cm³/mol. The molecule has 0 radical (unpaired) electrons. The molecule has 0 saturated carbocycles. The molecule has 1 aromatic heterocycles. The van der Waals surface area contributed by atoms with E-state index in [1.807, 2.05) is 19.1 Å². The molecule has 6 heteroatoms. The molecule has 0 spiro atoms. The summed E-state index contributed by atoms with van der Waals surface area (Å²) in [5.74, 6) is 0.210. The van der Waals surface area contributed by atoms with Gasteiger partial charge < -0.3 is 10.1 Å². The Labute approximate surface area is 141 Å². The van der Waals surface area contributed by atoms with Crippen LogP contribution in [0, 0.1) is 0 Å². The number of amides is 1. The molecule has 1 aromatic carbocycles. The van der Waals surface area contributed by atoms with E-state index in [0.717, 1.165) is 24.9 Å². The molecule has 0 aliphatic rings. The molecule has 5 nitrogen and oxygen atoms in total. The number of carbonyl (C=O) groups excluding carboxylic acids is 1. The van der Waals surface area contributed by atoms with E-state index in [-0.39, 0.29) is 5.91 Å². The molecule has 1 amide bonds. The first-order valence-electron chi connectivity index (χ1n) is 7.87. The summed E-state index contributed by atoms with van der Waals surface area (Å²) in [6.45, 7) is 5.81. The second-order valence-electron chi connectivity index (χ2n) is 5.27. The van der Waals surface area contributed by atoms with Crippen molar-refractivity contribution in [3.8, 4) is 5.88 Å². The largest absolute Gasteiger partial charge is 0.476 e. The first-order chi connectivity index (χ1) is 11.1. The smallest absolute Gasteiger partial charge is 0.258 e. The predicted octanol–water partition coefficient (Wildman–Crippen LogP) is 3.67. The molecule has 2 rings (SSSR count). The van der Waals surface area contributed by atoms with Gasteiger partial charge in [0.05, 0.1) is 6.61 Å². The maximum atomic E-state index is 12.4. The van der Waals surface area contributed by atoms with E-state index < -0.39 is 0 Å². The van der Waals surface area contributed by atoms with Gasteiger partial charge in [-0.3, -0.25) is 9.48 Å². The molecule has 0 aliphatic heterocycles. The van der Waals surface area contributed by atoms with Crippen LogP contribution in [-0.4, -0.2) is 22.3 Å². The van der Waals surface area contributed by atoms with E-state index >= 15 is 0 Å². The van der Waals surface area contributed by atoms with Gasteiger partial charge in [-0.05, 0) is 30.5 Å². The van der Waals surface area contributed by atoms with Crippen molar-refractivity contribution in [1.29, 1.82) is 0 Å². The lowest BCUT2D eigenvalue weighted by Crippen LogP contribution is -2.23. The number of benzene rings is 1. The highest BCUT2D eigenvalue weighted by molar-refractivity contribution is 6.30. The molecule has 0 atom stereocenters. The number of aryl methyl sites for hydroxylation is 1. The Morgan fingerprint density at radius 2 is 2.00 bits per heavy atom. The quantitative estimate of drug-likeness (QED) is 0.800. The molecular weight excluding hydrogens is 314 g/mol. The van der Waals surface area contributed by atoms with Crippen LogP contribution in [0.25, 0.3) is 0 Å². The zero-order chi connectivity index (χ0) is 16.7. The lowest BCUT2D eigenvalue weighted by atomic mass is 10.2. The van der Waals surface area contributed by atoms with Gasteiger partial charge in [-0.25, -0.2) is 0 Å². The van der Waals surface area contributed by atoms with Crippen LogP contribution in [0.15, 0.2) is 30.5 Å². The topological polar surface area (TPSA) is 56.2 Å². The Kier molecular flexibility index (Phi) is 6.47. The highest BCUT2D eigenvalue weighted by atomic mass is 35.5. The van der Waals surface area contributed by atoms with Crippen molar-refractivity contribution in [3.05, 3.63) is 46.6 Å². The second-order valence-corrected chi connectivity index (χ2v) is 5.71. The molecule has 1 heterocycles. The number of carbonyl (C=O) groups is 1. The van der Waals surface area contributed by atoms with E-state index in [1.165, 1.54) is 0 Å². The Morgan fingerprint density at radius 3 is 2.65 bits per heavy atom. The third kappa shape index (κ3) is 4.99. The number of hydrogen-bond acceptors (Lipinski definition) is 3. The number of nitrogens with one attached hydrogen (secondary N) is 1. The lowest BCUT2D eigenvalue weighted by molar-refractivity contribution is 0.0946. The van der Waals surface area contributed by atoms with Crippen LogP contribution in [0.3, 0.4) is 0 Å². The monoisotopic (exact) mass is 335 g/mol. The number of rotatable bonds is 8. The van der Waals surface area contributed by atoms with E-state index in [2.05, 4.69) is 17.3 Å². The third-order valence-corrected chi connectivity index (χ3v) is 3.49. The van der Waals surface area contributed by atoms with Crippen LogP contribution in [0.1, 0.15) is 42.6 Å². The van der Waals surface area contributed by atoms with Crippen LogP contribution < -0.4 is 10.1 Å². The molecule has 1 N–H and O–H groups in total. The number of ether oxygens (including phenoxy) is 1. The fraction of sp³-hybridized carbons (Fsp3) is 0.412. The summed E-state index contributed by atoms with van der Waals surface area (Å²) >= 11 is 5.86. The standard InChI is InChI=1S/C17H22ClN3O2/c1-3-9-21-12-15(17(20-21)23-10-4-2)16(22)19-11-13-5-7-14(18)8-6-13/h5-8,12H,3-4,9-11H2,1-2H3,(H,19,22). The molecular formula is C17H22ClN3O2. The number of nitrogens with zero attached hydrogens (tertiary/aromatic N) is 2. The fourth-order valence-electron chi connectivity index (χ4n) is 2.09. The molecule has 0 unspecified atom stereocenters. The Bertz CT molecular complexity index is 638. The van der Waals surface area contributed by atoms with Crippen LogP contribution in [0.4, 0.5) is 0 Å². The minimum atomic E-state index is -0.187. The van der Waals surface area contributed by atoms with Gasteiger partial charge in [-0.15, -0.1) is 5.10 Å². The first-order valence-corrected chi connectivity index (χ1v) is 8.24. The van der Waals surface area contributed by atoms with Gasteiger partial charge in [0.15, 0.2) is 0 Å². The zero-order valence-corrected chi connectivity index (χ0v) is 14.3. The Hall–Kier alpha value is -2.01. The number of halogens is 1. The first kappa shape index (κ1) is 17.3. The highest BCUT2D eigenvalue weighted by Crippen LogP contribution is 2.17. The lowest BCUT2D eigenvalue weighted by Gasteiger charge is -2.06. The van der Waals surface area contributed by atoms with Gasteiger partial charge in [-0.2, -0.15) is 0 Å². The maximum Gasteiger partial charge on any atom is 0.258 e. The van der Waals surface area contributed by atoms with Gasteiger partial charge in [0.1, 0.15) is 5.56 Å². The normalized spacial score (nSPS) is 10.6. The molecule has 23 heavy (non-hydrogen) atoms. The van der Waals surface area contributed by atoms with Gasteiger partial charge in [0, 0.05) is 24.3 Å². The van der Waals surface area contributed by atoms with Crippen LogP contribution in [0.5, 0.6) is 5.88 Å². The van der Waals surface area contributed by atoms with Crippen LogP contribution >= 0.6 is 11.6 Å². The highest BCUT2D eigenvalue weighted by Gasteiger charge is 2.17. The SMILES string of the molecule is CCCOc1nn(CCC)cc1C(=O)NCc1ccc(Cl)cc1. The maximum absolute atomic E-state index is 12.4. The summed E-state index contributed by atoms with van der Waals surface area (Å²) in [5.41, 5.74) is 1.46. The van der Waals surface area contributed by atoms with Crippen molar-refractivity contribution in [2.24, 2.45) is 0 Å². The summed E-state index contributed by atoms with van der Waals surface area (Å²) < 4.78 is 7.34. The van der Waals surface area contributed by atoms with Crippen LogP contribution in [0.2, 0.25) is 5.02 Å². The van der Waals surface area contributed by atoms with Gasteiger partial charge in [-0.1, -0.05) is 37.6 Å². The summed E-state index contributed by atoms with van der Waals surface area (Å²) in [4.78, 5) is 12.4. The van der Waals surface area contributed by atoms with Crippen molar-refractivity contribution < 1.29 is 9.53 Å². The van der Waals surface area contributed by atoms with E-state index in [9.17, 15) is 4.79 Å². The zero-order valence-electron chi connectivity index (χ0n) is 13.5. The van der Waals surface area contributed by atoms with E-state index in [1.54, 1.807) is 23.0 Å². The minimum Gasteiger partial charge on any atom is -0.476 e. The molecule has 124 valence electrons. The fourth-order valence-corrected chi connectivity index (χ4v) is 2.21. The van der Waals surface area contributed by atoms with Crippen molar-refractivity contribution in [3.63, 3.8) is 0 Å². The summed E-state index contributed by atoms with van der Waals surface area (Å²) in [6.07, 6.45) is 3.55. The van der Waals surface area contributed by atoms with Crippen molar-refractivity contribution >= 4 is 17.5 Å². The van der Waals surface area contributed by atoms with Crippen LogP contribution in [-0.2, 0) is 13.1 Å². The Balaban J connectivity index is 2.05. The average molecular weight is 336 g/mol. The average Bonchev–Trinajstić information content (AvgIpc) is 2.95. The summed E-state index contributed by atoms with van der Waals surface area (Å²) in [7, 11) is 0. The second kappa shape index (κ2) is 8.58. The number of hydrogen-bond donors (Lipinski definition) is 1. The molecule has 0 saturated heterocycles. The summed E-state index contributed by atoms with van der Waals surface area (Å²) in [6, 6.07) is 7.38. The molecule has 0 aliphatic carbocycles.